The Balaban J connectivity index is 0.000000173. The number of rotatable bonds is 13. The van der Waals surface area contributed by atoms with Gasteiger partial charge in [0.2, 0.25) is 35.4 Å². The molecule has 9 aromatic rings. The van der Waals surface area contributed by atoms with Crippen molar-refractivity contribution < 1.29 is 141 Å². The summed E-state index contributed by atoms with van der Waals surface area (Å²) in [4.78, 5) is 179. The van der Waals surface area contributed by atoms with Crippen molar-refractivity contribution in [3.63, 3.8) is 0 Å². The monoisotopic (exact) mass is 2120 g/mol. The van der Waals surface area contributed by atoms with Gasteiger partial charge in [-0.15, -0.1) is 0 Å². The zero-order chi connectivity index (χ0) is 101. The van der Waals surface area contributed by atoms with Crippen molar-refractivity contribution in [1.82, 2.24) is 85.1 Å². The normalized spacial score (nSPS) is 27.7. The van der Waals surface area contributed by atoms with E-state index >= 15 is 0 Å². The molecule has 781 valence electrons. The number of aromatic nitrogens is 12. The molecule has 19 rings (SSSR count). The van der Waals surface area contributed by atoms with Crippen LogP contribution in [0.4, 0.5) is 9.59 Å². The fourth-order valence-corrected chi connectivity index (χ4v) is 21.9. The van der Waals surface area contributed by atoms with E-state index in [1.807, 2.05) is 138 Å². The quantitative estimate of drug-likeness (QED) is 0.0615. The van der Waals surface area contributed by atoms with Crippen LogP contribution in [-0.4, -0.2) is 216 Å². The minimum atomic E-state index is -0.915. The number of hydrogen-bond acceptors (Lipinski definition) is 30. The smallest absolute Gasteiger partial charge is 0.408 e. The number of hydrogen-bond donors (Lipinski definition) is 2. The number of ether oxygens (including phenoxy) is 9. The number of nitrogens with zero attached hydrogens (tertiary/aromatic N) is 15. The zero-order valence-corrected chi connectivity index (χ0v) is 90.0. The fraction of sp³-hybridized carbons (Fsp3) is 0.587. The third kappa shape index (κ3) is 27.4. The maximum Gasteiger partial charge on any atom is 0.408 e. The van der Waals surface area contributed by atoms with Gasteiger partial charge in [-0.3, -0.25) is 49.1 Å². The number of carbonyl (C=O) groups excluding carboxylic acids is 9. The Morgan fingerprint density at radius 1 is 0.388 bits per heavy atom. The van der Waals surface area contributed by atoms with E-state index in [-0.39, 0.29) is 167 Å². The summed E-state index contributed by atoms with van der Waals surface area (Å²) >= 11 is 0. The van der Waals surface area contributed by atoms with Crippen LogP contribution in [0.5, 0.6) is 34.9 Å². The summed E-state index contributed by atoms with van der Waals surface area (Å²) in [5.74, 6) is 2.15. The van der Waals surface area contributed by atoms with Crippen LogP contribution in [-0.2, 0) is 143 Å². The number of aryl methyl sites for hydroxylation is 3. The van der Waals surface area contributed by atoms with Crippen molar-refractivity contribution in [3.8, 4) is 34.9 Å². The van der Waals surface area contributed by atoms with E-state index < -0.39 is 82.9 Å². The Bertz CT molecular complexity index is 6070. The van der Waals surface area contributed by atoms with Crippen LogP contribution in [0.2, 0.25) is 0 Å². The molecule has 38 heteroatoms. The molecule has 6 bridgehead atoms. The fourth-order valence-electron chi connectivity index (χ4n) is 21.9. The van der Waals surface area contributed by atoms with E-state index in [1.165, 1.54) is 21.1 Å². The molecule has 10 aliphatic rings. The maximum atomic E-state index is 14.3. The number of nitrogens with one attached hydrogen (secondary N) is 2. The second-order valence-corrected chi connectivity index (χ2v) is 43.7. The second-order valence-electron chi connectivity index (χ2n) is 43.7. The second kappa shape index (κ2) is 49.6. The van der Waals surface area contributed by atoms with Crippen LogP contribution in [0.25, 0.3) is 33.1 Å². The van der Waals surface area contributed by atoms with Crippen LogP contribution >= 0.6 is 0 Å². The summed E-state index contributed by atoms with van der Waals surface area (Å²) in [5, 5.41) is 5.77. The molecular formula is C109H134N17O18V3-3. The Morgan fingerprint density at radius 2 is 0.789 bits per heavy atom. The van der Waals surface area contributed by atoms with E-state index in [0.717, 1.165) is 143 Å². The van der Waals surface area contributed by atoms with Gasteiger partial charge >= 0.3 is 18.2 Å². The van der Waals surface area contributed by atoms with Crippen molar-refractivity contribution in [1.29, 1.82) is 0 Å². The molecule has 5 amide bonds. The maximum absolute atomic E-state index is 14.3. The summed E-state index contributed by atoms with van der Waals surface area (Å²) in [6.45, 7) is 24.1. The van der Waals surface area contributed by atoms with Crippen LogP contribution in [0, 0.1) is 69.5 Å². The van der Waals surface area contributed by atoms with Crippen molar-refractivity contribution in [2.45, 2.75) is 317 Å². The van der Waals surface area contributed by atoms with Gasteiger partial charge < -0.3 is 82.3 Å². The third-order valence-electron chi connectivity index (χ3n) is 30.4. The summed E-state index contributed by atoms with van der Waals surface area (Å²) in [7, 11) is 0. The SMILES string of the molecule is CC[C@@H]1[C@@H]2CN(C(=O)[C@H](C(C)(C)C)NC(=O)O[C@@H]3CC4CC4[C@H]3CCCCCc3nc4ccc(OCc5cnccn5)cc4nc3O2)[C@@H]1[C-]=O.C[C@@H]1[C@@H]2CN(C(=O)[C@H](C(C)(C)C)CC(=O)O[C@@H]3C[C@H]3CCCCCc3nc4ccc(OCc5cnccn5)cc4nc3O2)[C@@H]1[C-]=O.C[C@@H]1[C@@H]2CN(C(=O)[C@H](C(C)(C)C)NC(=O)O[C@@H]3CCC[C@H]3CCCCCc3nc4ccc(OCc5cnccn5)cc4nc3O2)[C@@H]1[C-]=O.[V].[V].[V]. The molecule has 20 atom stereocenters. The minimum Gasteiger partial charge on any atom is -0.540 e. The van der Waals surface area contributed by atoms with Crippen molar-refractivity contribution in [2.24, 2.45) is 69.5 Å². The molecule has 2 unspecified atom stereocenters. The average molecular weight is 2120 g/mol. The van der Waals surface area contributed by atoms with Gasteiger partial charge in [0.05, 0.1) is 101 Å². The standard InChI is InChI=1S/C38H47N6O6.C36H45N6O6.C35H42N5O6.3V/c1-5-25-31(20-45)44-19-33(25)49-35-29(41-28-12-11-24(17-30(28)42-35)48-21-23-18-39-13-14-40-23)10-8-6-7-9-26-27-15-22(27)16-32(26)50-37(47)43-34(36(44)46)38(2,3)4;1-22-29(20-43)42-19-31(22)47-33-27(39-26-14-13-25(17-28(26)40-33)46-21-24-18-37-15-16-38-24)11-7-5-6-9-23-10-8-12-30(23)48-35(45)41-32(34(42)44)36(2,3)4;1-21-29(19-41)40-18-31(21)46-33-27(38-26-11-10-24(15-28(26)39-33)44-20-23-17-36-12-13-37-23)9-7-5-6-8-22-14-30(22)45-32(42)16-25(34(40)43)35(2,3)4;;;/h11-14,17-18,22,25-27,31-34H,5-10,15-16,19,21H2,1-4H3,(H,43,47);13-18,22-23,29-32H,5-12,19,21H2,1-4H3,(H,41,45);10-13,15,17,21-22,25,29-31H,5-9,14,16,18,20H2,1-4H3;;;/q3*-1;;;/t22?,25-,26+,27?,31+,32+,33-,34+;22-,23+,29+,30+,31-,32+;21-,22+,25+,29+,30+,31-;;;/m000.../s1. The summed E-state index contributed by atoms with van der Waals surface area (Å²) in [6, 6.07) is 12.4. The number of alkyl carbamates (subject to hydrolysis) is 2. The zero-order valence-electron chi connectivity index (χ0n) is 85.8. The first-order chi connectivity index (χ1) is 69.3. The first kappa shape index (κ1) is 112. The van der Waals surface area contributed by atoms with Gasteiger partial charge in [0.25, 0.3) is 0 Å². The van der Waals surface area contributed by atoms with E-state index in [4.69, 9.17) is 72.5 Å². The molecule has 2 N–H and O–H groups in total. The molecule has 0 spiro atoms. The number of fused-ring (bicyclic) bond motifs is 17. The largest absolute Gasteiger partial charge is 0.540 e. The molecule has 6 aromatic heterocycles. The third-order valence-corrected chi connectivity index (χ3v) is 30.4. The van der Waals surface area contributed by atoms with Crippen LogP contribution in [0.1, 0.15) is 246 Å². The van der Waals surface area contributed by atoms with Gasteiger partial charge in [-0.05, 0) is 196 Å². The molecule has 7 fully saturated rings. The van der Waals surface area contributed by atoms with E-state index in [1.54, 1.807) is 55.8 Å². The van der Waals surface area contributed by atoms with E-state index in [0.29, 0.717) is 118 Å². The van der Waals surface area contributed by atoms with Gasteiger partial charge in [0.1, 0.15) is 103 Å². The molecule has 3 saturated heterocycles. The molecule has 147 heavy (non-hydrogen) atoms. The number of benzene rings is 3. The first-order valence-corrected chi connectivity index (χ1v) is 51.6. The molecule has 6 aliphatic heterocycles. The van der Waals surface area contributed by atoms with Gasteiger partial charge in [-0.1, -0.05) is 146 Å². The van der Waals surface area contributed by atoms with Gasteiger partial charge in [-0.25, -0.2) is 58.4 Å². The molecule has 4 aliphatic carbocycles. The van der Waals surface area contributed by atoms with E-state index in [9.17, 15) is 43.2 Å². The minimum absolute atomic E-state index is 0. The van der Waals surface area contributed by atoms with E-state index in [2.05, 4.69) is 59.4 Å². The predicted octanol–water partition coefficient (Wildman–Crippen LogP) is 15.3. The number of esters is 1. The van der Waals surface area contributed by atoms with Crippen LogP contribution in [0.15, 0.2) is 110 Å². The first-order valence-electron chi connectivity index (χ1n) is 51.6. The van der Waals surface area contributed by atoms with Gasteiger partial charge in [-0.2, -0.15) is 0 Å². The van der Waals surface area contributed by atoms with Gasteiger partial charge in [0.15, 0.2) is 0 Å². The molecule has 35 nitrogen and oxygen atoms in total. The van der Waals surface area contributed by atoms with Crippen molar-refractivity contribution in [3.05, 3.63) is 145 Å². The summed E-state index contributed by atoms with van der Waals surface area (Å²) in [5.41, 5.74) is 6.53. The Hall–Kier alpha value is -11.1. The molecule has 12 heterocycles. The average Bonchev–Trinajstić information content (AvgIpc) is 1.60. The molecular weight excluding hydrogens is 1990 g/mol. The number of amides is 5. The van der Waals surface area contributed by atoms with Crippen molar-refractivity contribution in [2.75, 3.05) is 19.6 Å². The Labute approximate surface area is 894 Å². The molecule has 3 radical (unpaired) electrons. The van der Waals surface area contributed by atoms with Crippen LogP contribution < -0.4 is 39.1 Å². The van der Waals surface area contributed by atoms with Crippen molar-refractivity contribution >= 4 is 87.8 Å². The Morgan fingerprint density at radius 3 is 1.21 bits per heavy atom. The number of carbonyl (C=O) groups is 6. The Kier molecular flexibility index (Phi) is 37.6. The predicted molar refractivity (Wildman–Crippen MR) is 529 cm³/mol. The molecule has 3 aromatic carbocycles. The summed E-state index contributed by atoms with van der Waals surface area (Å²) in [6.07, 6.45) is 37.8. The topological polar surface area (TPSA) is 425 Å². The summed E-state index contributed by atoms with van der Waals surface area (Å²) < 4.78 is 55.5. The molecule has 4 saturated carbocycles. The van der Waals surface area contributed by atoms with Crippen LogP contribution in [0.3, 0.4) is 0 Å². The van der Waals surface area contributed by atoms with Gasteiger partial charge in [0, 0.05) is 111 Å².